The molecule has 0 aliphatic rings. The Kier molecular flexibility index (Phi) is 11.3. The van der Waals surface area contributed by atoms with Gasteiger partial charge in [-0.2, -0.15) is 16.8 Å². The van der Waals surface area contributed by atoms with Crippen molar-refractivity contribution < 1.29 is 73.4 Å². The number of benzene rings is 2. The molecular weight excluding hydrogens is 547 g/mol. The van der Waals surface area contributed by atoms with Gasteiger partial charge >= 0.3 is 29.6 Å². The van der Waals surface area contributed by atoms with Crippen molar-refractivity contribution in [3.63, 3.8) is 0 Å². The fourth-order valence-electron chi connectivity index (χ4n) is 2.72. The molecule has 0 radical (unpaired) electrons. The Morgan fingerprint density at radius 1 is 0.889 bits per heavy atom. The first kappa shape index (κ1) is 32.2. The van der Waals surface area contributed by atoms with E-state index in [1.807, 2.05) is 0 Å². The Labute approximate surface area is 232 Å². The molecule has 2 rings (SSSR count). The minimum Gasteiger partial charge on any atom is -0.375 e. The zero-order valence-corrected chi connectivity index (χ0v) is 24.2. The molecule has 0 saturated carbocycles. The molecule has 4 N–H and O–H groups in total. The van der Waals surface area contributed by atoms with Gasteiger partial charge in [-0.05, 0) is 49.2 Å². The molecule has 0 fully saturated rings. The molecule has 1 amide bonds. The van der Waals surface area contributed by atoms with Gasteiger partial charge in [0.2, 0.25) is 15.9 Å². The summed E-state index contributed by atoms with van der Waals surface area (Å²) in [7, 11) is -12.1. The SMILES string of the molecule is COCC(=O)Nc1ccc(/C=C/c2ccc(NS(=O)(=O)C(C)C)cc2S(=O)(=O)O)c(S(=O)(=O)O)c1.[Na+]. The zero-order chi connectivity index (χ0) is 26.6. The van der Waals surface area contributed by atoms with Crippen LogP contribution in [0.1, 0.15) is 25.0 Å². The molecule has 0 bridgehead atoms. The van der Waals surface area contributed by atoms with Crippen molar-refractivity contribution in [1.29, 1.82) is 0 Å². The predicted molar refractivity (Wildman–Crippen MR) is 130 cm³/mol. The number of ether oxygens (including phenoxy) is 1. The van der Waals surface area contributed by atoms with E-state index >= 15 is 0 Å². The number of anilines is 2. The maximum absolute atomic E-state index is 12.1. The van der Waals surface area contributed by atoms with Crippen molar-refractivity contribution in [2.45, 2.75) is 28.9 Å². The number of carbonyl (C=O) groups is 1. The van der Waals surface area contributed by atoms with Crippen molar-refractivity contribution in [3.05, 3.63) is 47.5 Å². The van der Waals surface area contributed by atoms with Gasteiger partial charge in [0.15, 0.2) is 0 Å². The van der Waals surface area contributed by atoms with Crippen LogP contribution >= 0.6 is 0 Å². The smallest absolute Gasteiger partial charge is 0.375 e. The summed E-state index contributed by atoms with van der Waals surface area (Å²) in [4.78, 5) is 10.4. The van der Waals surface area contributed by atoms with Gasteiger partial charge in [-0.1, -0.05) is 24.3 Å². The van der Waals surface area contributed by atoms with E-state index in [-0.39, 0.29) is 58.7 Å². The first-order valence-electron chi connectivity index (χ1n) is 9.76. The molecule has 0 aliphatic carbocycles. The summed E-state index contributed by atoms with van der Waals surface area (Å²) in [5.41, 5.74) is -0.225. The summed E-state index contributed by atoms with van der Waals surface area (Å²) < 4.78 is 97.8. The Bertz CT molecular complexity index is 1470. The molecule has 2 aromatic rings. The van der Waals surface area contributed by atoms with E-state index in [1.54, 1.807) is 0 Å². The van der Waals surface area contributed by atoms with Crippen LogP contribution < -0.4 is 39.6 Å². The molecule has 16 heteroatoms. The third-order valence-electron chi connectivity index (χ3n) is 4.47. The molecule has 0 aromatic heterocycles. The van der Waals surface area contributed by atoms with Gasteiger partial charge in [-0.25, -0.2) is 8.42 Å². The van der Waals surface area contributed by atoms with Gasteiger partial charge < -0.3 is 10.1 Å². The predicted octanol–water partition coefficient (Wildman–Crippen LogP) is -0.911. The summed E-state index contributed by atoms with van der Waals surface area (Å²) in [6.45, 7) is 2.55. The molecule has 0 aliphatic heterocycles. The number of methoxy groups -OCH3 is 1. The number of rotatable bonds is 10. The molecule has 0 unspecified atom stereocenters. The molecule has 0 saturated heterocycles. The topological polar surface area (TPSA) is 193 Å². The molecule has 0 heterocycles. The Morgan fingerprint density at radius 2 is 1.33 bits per heavy atom. The van der Waals surface area contributed by atoms with E-state index in [0.29, 0.717) is 0 Å². The number of nitrogens with one attached hydrogen (secondary N) is 2. The first-order valence-corrected chi connectivity index (χ1v) is 14.2. The molecule has 36 heavy (non-hydrogen) atoms. The molecular formula is C20H24N2NaO10S3+. The number of hydrogen-bond acceptors (Lipinski definition) is 8. The molecule has 12 nitrogen and oxygen atoms in total. The van der Waals surface area contributed by atoms with E-state index in [0.717, 1.165) is 24.3 Å². The van der Waals surface area contributed by atoms with Gasteiger partial charge in [-0.3, -0.25) is 18.6 Å². The van der Waals surface area contributed by atoms with Crippen LogP contribution in [0.2, 0.25) is 0 Å². The van der Waals surface area contributed by atoms with Gasteiger partial charge in [0.25, 0.3) is 20.2 Å². The Hall–Kier alpha value is -1.82. The second kappa shape index (κ2) is 12.6. The second-order valence-electron chi connectivity index (χ2n) is 7.47. The average molecular weight is 572 g/mol. The van der Waals surface area contributed by atoms with Crippen LogP contribution in [0.3, 0.4) is 0 Å². The minimum absolute atomic E-state index is 0. The third kappa shape index (κ3) is 8.93. The Morgan fingerprint density at radius 3 is 1.75 bits per heavy atom. The summed E-state index contributed by atoms with van der Waals surface area (Å²) in [5, 5.41) is 1.58. The fraction of sp³-hybridized carbons (Fsp3) is 0.250. The average Bonchev–Trinajstić information content (AvgIpc) is 2.71. The molecule has 192 valence electrons. The maximum atomic E-state index is 12.1. The van der Waals surface area contributed by atoms with E-state index in [1.165, 1.54) is 45.2 Å². The van der Waals surface area contributed by atoms with Crippen LogP contribution in [0, 0.1) is 0 Å². The van der Waals surface area contributed by atoms with Crippen LogP contribution in [-0.4, -0.2) is 59.2 Å². The number of carbonyl (C=O) groups excluding carboxylic acids is 1. The van der Waals surface area contributed by atoms with E-state index in [4.69, 9.17) is 0 Å². The van der Waals surface area contributed by atoms with Crippen LogP contribution in [0.15, 0.2) is 46.2 Å². The maximum Gasteiger partial charge on any atom is 1.00 e. The Balaban J connectivity index is 0.00000648. The number of sulfonamides is 1. The van der Waals surface area contributed by atoms with Crippen LogP contribution in [0.25, 0.3) is 12.2 Å². The number of amides is 1. The first-order chi connectivity index (χ1) is 16.0. The minimum atomic E-state index is -4.81. The normalized spacial score (nSPS) is 12.4. The summed E-state index contributed by atoms with van der Waals surface area (Å²) in [6, 6.07) is 6.95. The largest absolute Gasteiger partial charge is 1.00 e. The monoisotopic (exact) mass is 571 g/mol. The zero-order valence-electron chi connectivity index (χ0n) is 19.8. The molecule has 0 spiro atoms. The molecule has 2 aromatic carbocycles. The van der Waals surface area contributed by atoms with Crippen molar-refractivity contribution >= 4 is 59.7 Å². The quantitative estimate of drug-likeness (QED) is 0.158. The third-order valence-corrected chi connectivity index (χ3v) is 8.05. The van der Waals surface area contributed by atoms with Crippen LogP contribution in [0.5, 0.6) is 0 Å². The van der Waals surface area contributed by atoms with E-state index < -0.39 is 51.2 Å². The standard InChI is InChI=1S/C20H24N2O10S3.Na/c1-13(2)33(24,25)22-17-9-7-15(19(11-17)35(29,30)31)5-4-14-6-8-16(21-20(23)12-32-3)10-18(14)34(26,27)28;/h4-11,13,22H,12H2,1-3H3,(H,21,23)(H,26,27,28)(H,29,30,31);/q;+1/b5-4+;. The molecule has 0 atom stereocenters. The van der Waals surface area contributed by atoms with Gasteiger partial charge in [0, 0.05) is 18.5 Å². The van der Waals surface area contributed by atoms with Gasteiger partial charge in [0.1, 0.15) is 16.4 Å². The van der Waals surface area contributed by atoms with Crippen molar-refractivity contribution in [3.8, 4) is 0 Å². The van der Waals surface area contributed by atoms with Gasteiger partial charge in [0.05, 0.1) is 5.25 Å². The summed E-state index contributed by atoms with van der Waals surface area (Å²) >= 11 is 0. The second-order valence-corrected chi connectivity index (χ2v) is 12.5. The summed E-state index contributed by atoms with van der Waals surface area (Å²) in [6.07, 6.45) is 2.31. The summed E-state index contributed by atoms with van der Waals surface area (Å²) in [5.74, 6) is -0.567. The number of hydrogen-bond donors (Lipinski definition) is 4. The van der Waals surface area contributed by atoms with E-state index in [2.05, 4.69) is 14.8 Å². The van der Waals surface area contributed by atoms with Gasteiger partial charge in [-0.15, -0.1) is 0 Å². The van der Waals surface area contributed by atoms with Crippen LogP contribution in [-0.2, 0) is 39.8 Å². The van der Waals surface area contributed by atoms with Crippen molar-refractivity contribution in [1.82, 2.24) is 0 Å². The van der Waals surface area contributed by atoms with E-state index in [9.17, 15) is 39.2 Å². The van der Waals surface area contributed by atoms with Crippen molar-refractivity contribution in [2.24, 2.45) is 0 Å². The fourth-order valence-corrected chi connectivity index (χ4v) is 4.83. The van der Waals surface area contributed by atoms with Crippen LogP contribution in [0.4, 0.5) is 11.4 Å². The van der Waals surface area contributed by atoms with Crippen molar-refractivity contribution in [2.75, 3.05) is 23.8 Å².